The van der Waals surface area contributed by atoms with E-state index in [9.17, 15) is 0 Å². The number of fused-ring (bicyclic) bond motifs is 1. The topological polar surface area (TPSA) is 24.7 Å². The van der Waals surface area contributed by atoms with Gasteiger partial charge in [0.05, 0.1) is 0 Å². The predicted octanol–water partition coefficient (Wildman–Crippen LogP) is 3.47. The van der Waals surface area contributed by atoms with Crippen LogP contribution in [0.5, 0.6) is 0 Å². The van der Waals surface area contributed by atoms with E-state index in [1.807, 2.05) is 0 Å². The highest BCUT2D eigenvalue weighted by molar-refractivity contribution is 5.94. The largest absolute Gasteiger partial charge is 0.273 e. The molecule has 2 rings (SSSR count). The van der Waals surface area contributed by atoms with Crippen molar-refractivity contribution in [3.63, 3.8) is 0 Å². The first-order valence-corrected chi connectivity index (χ1v) is 6.41. The Morgan fingerprint density at radius 1 is 1.13 bits per heavy atom. The summed E-state index contributed by atoms with van der Waals surface area (Å²) in [7, 11) is 0. The van der Waals surface area contributed by atoms with Gasteiger partial charge in [0.15, 0.2) is 0 Å². The third kappa shape index (κ3) is 3.15. The molecule has 84 valence electrons. The fraction of sp³-hybridized carbons (Fsp3) is 0.846. The van der Waals surface area contributed by atoms with Gasteiger partial charge in [0, 0.05) is 18.2 Å². The SMILES string of the molecule is CC1CCCCCC2CN=CN=C2CC1. The number of rotatable bonds is 0. The normalized spacial score (nSPS) is 33.0. The Bertz CT molecular complexity index is 255. The first kappa shape index (κ1) is 10.8. The summed E-state index contributed by atoms with van der Waals surface area (Å²) < 4.78 is 0. The van der Waals surface area contributed by atoms with E-state index in [-0.39, 0.29) is 0 Å². The van der Waals surface area contributed by atoms with Crippen molar-refractivity contribution in [2.45, 2.75) is 51.9 Å². The molecule has 0 radical (unpaired) electrons. The lowest BCUT2D eigenvalue weighted by molar-refractivity contribution is 0.439. The second-order valence-corrected chi connectivity index (χ2v) is 5.08. The van der Waals surface area contributed by atoms with Crippen LogP contribution in [0.1, 0.15) is 51.9 Å². The Kier molecular flexibility index (Phi) is 3.93. The summed E-state index contributed by atoms with van der Waals surface area (Å²) in [6.07, 6.45) is 11.2. The molecule has 0 amide bonds. The van der Waals surface area contributed by atoms with Crippen LogP contribution in [0.3, 0.4) is 0 Å². The summed E-state index contributed by atoms with van der Waals surface area (Å²) in [5, 5.41) is 0. The van der Waals surface area contributed by atoms with Crippen LogP contribution >= 0.6 is 0 Å². The third-order valence-electron chi connectivity index (χ3n) is 3.75. The lowest BCUT2D eigenvalue weighted by Gasteiger charge is -2.22. The first-order valence-electron chi connectivity index (χ1n) is 6.41. The molecule has 1 aliphatic heterocycles. The summed E-state index contributed by atoms with van der Waals surface area (Å²) in [6, 6.07) is 0. The van der Waals surface area contributed by atoms with E-state index < -0.39 is 0 Å². The Morgan fingerprint density at radius 2 is 2.00 bits per heavy atom. The number of nitrogens with zero attached hydrogens (tertiary/aromatic N) is 2. The van der Waals surface area contributed by atoms with Crippen LogP contribution in [0, 0.1) is 11.8 Å². The highest BCUT2D eigenvalue weighted by Crippen LogP contribution is 2.24. The van der Waals surface area contributed by atoms with Gasteiger partial charge in [0.1, 0.15) is 6.34 Å². The molecule has 0 N–H and O–H groups in total. The van der Waals surface area contributed by atoms with Gasteiger partial charge in [-0.25, -0.2) is 4.99 Å². The van der Waals surface area contributed by atoms with Crippen molar-refractivity contribution >= 4 is 12.1 Å². The summed E-state index contributed by atoms with van der Waals surface area (Å²) in [6.45, 7) is 3.38. The molecule has 1 heterocycles. The van der Waals surface area contributed by atoms with Gasteiger partial charge in [-0.05, 0) is 25.2 Å². The van der Waals surface area contributed by atoms with Crippen molar-refractivity contribution < 1.29 is 0 Å². The highest BCUT2D eigenvalue weighted by Gasteiger charge is 2.19. The zero-order chi connectivity index (χ0) is 10.5. The van der Waals surface area contributed by atoms with Crippen molar-refractivity contribution in [1.29, 1.82) is 0 Å². The van der Waals surface area contributed by atoms with E-state index in [0.29, 0.717) is 5.92 Å². The van der Waals surface area contributed by atoms with Gasteiger partial charge < -0.3 is 0 Å². The minimum absolute atomic E-state index is 0.667. The third-order valence-corrected chi connectivity index (χ3v) is 3.75. The standard InChI is InChI=1S/C13H22N2/c1-11-5-3-2-4-6-12-9-14-10-15-13(12)8-7-11/h10-12H,2-9H2,1H3. The summed E-state index contributed by atoms with van der Waals surface area (Å²) in [4.78, 5) is 8.78. The van der Waals surface area contributed by atoms with E-state index in [1.54, 1.807) is 6.34 Å². The maximum atomic E-state index is 4.48. The summed E-state index contributed by atoms with van der Waals surface area (Å²) >= 11 is 0. The number of hydrogen-bond acceptors (Lipinski definition) is 2. The van der Waals surface area contributed by atoms with Crippen LogP contribution in [0.2, 0.25) is 0 Å². The van der Waals surface area contributed by atoms with Gasteiger partial charge in [-0.3, -0.25) is 4.99 Å². The summed E-state index contributed by atoms with van der Waals surface area (Å²) in [5.74, 6) is 1.55. The molecule has 1 aliphatic carbocycles. The molecule has 1 fully saturated rings. The summed E-state index contributed by atoms with van der Waals surface area (Å²) in [5.41, 5.74) is 1.43. The molecule has 0 aromatic rings. The molecule has 0 saturated heterocycles. The van der Waals surface area contributed by atoms with Gasteiger partial charge in [-0.2, -0.15) is 0 Å². The van der Waals surface area contributed by atoms with Crippen LogP contribution in [-0.2, 0) is 0 Å². The Labute approximate surface area is 92.9 Å². The molecular formula is C13H22N2. The lowest BCUT2D eigenvalue weighted by Crippen LogP contribution is -2.22. The van der Waals surface area contributed by atoms with Gasteiger partial charge >= 0.3 is 0 Å². The zero-order valence-electron chi connectivity index (χ0n) is 9.78. The maximum absolute atomic E-state index is 4.48. The second-order valence-electron chi connectivity index (χ2n) is 5.08. The minimum Gasteiger partial charge on any atom is -0.273 e. The predicted molar refractivity (Wildman–Crippen MR) is 65.8 cm³/mol. The van der Waals surface area contributed by atoms with Crippen LogP contribution in [-0.4, -0.2) is 18.6 Å². The molecule has 2 heteroatoms. The molecule has 2 atom stereocenters. The smallest absolute Gasteiger partial charge is 0.109 e. The molecule has 1 saturated carbocycles. The first-order chi connectivity index (χ1) is 7.36. The molecule has 2 unspecified atom stereocenters. The van der Waals surface area contributed by atoms with E-state index >= 15 is 0 Å². The van der Waals surface area contributed by atoms with Crippen molar-refractivity contribution in [2.75, 3.05) is 6.54 Å². The van der Waals surface area contributed by atoms with Gasteiger partial charge in [-0.1, -0.05) is 32.6 Å². The average Bonchev–Trinajstić information content (AvgIpc) is 2.27. The lowest BCUT2D eigenvalue weighted by atomic mass is 9.87. The van der Waals surface area contributed by atoms with Crippen molar-refractivity contribution in [1.82, 2.24) is 0 Å². The molecule has 2 nitrogen and oxygen atoms in total. The average molecular weight is 206 g/mol. The fourth-order valence-electron chi connectivity index (χ4n) is 2.63. The van der Waals surface area contributed by atoms with E-state index in [4.69, 9.17) is 0 Å². The van der Waals surface area contributed by atoms with E-state index in [1.165, 1.54) is 50.7 Å². The quantitative estimate of drug-likeness (QED) is 0.580. The van der Waals surface area contributed by atoms with E-state index in [0.717, 1.165) is 12.5 Å². The minimum atomic E-state index is 0.667. The molecule has 2 aliphatic rings. The van der Waals surface area contributed by atoms with E-state index in [2.05, 4.69) is 16.9 Å². The van der Waals surface area contributed by atoms with Crippen LogP contribution in [0.4, 0.5) is 0 Å². The Balaban J connectivity index is 1.98. The van der Waals surface area contributed by atoms with Crippen molar-refractivity contribution in [3.8, 4) is 0 Å². The number of aliphatic imine (C=N–C) groups is 2. The Morgan fingerprint density at radius 3 is 2.93 bits per heavy atom. The molecular weight excluding hydrogens is 184 g/mol. The van der Waals surface area contributed by atoms with Crippen LogP contribution in [0.25, 0.3) is 0 Å². The fourth-order valence-corrected chi connectivity index (χ4v) is 2.63. The van der Waals surface area contributed by atoms with Crippen LogP contribution in [0.15, 0.2) is 9.98 Å². The van der Waals surface area contributed by atoms with Gasteiger partial charge in [0.25, 0.3) is 0 Å². The highest BCUT2D eigenvalue weighted by atomic mass is 14.9. The maximum Gasteiger partial charge on any atom is 0.109 e. The number of hydrogen-bond donors (Lipinski definition) is 0. The molecule has 0 bridgehead atoms. The molecule has 0 aromatic heterocycles. The van der Waals surface area contributed by atoms with Crippen molar-refractivity contribution in [3.05, 3.63) is 0 Å². The molecule has 0 aromatic carbocycles. The second kappa shape index (κ2) is 5.43. The molecule has 15 heavy (non-hydrogen) atoms. The molecule has 0 spiro atoms. The van der Waals surface area contributed by atoms with Gasteiger partial charge in [0.2, 0.25) is 0 Å². The Hall–Kier alpha value is -0.660. The van der Waals surface area contributed by atoms with Gasteiger partial charge in [-0.15, -0.1) is 0 Å². The zero-order valence-corrected chi connectivity index (χ0v) is 9.78. The van der Waals surface area contributed by atoms with Crippen LogP contribution < -0.4 is 0 Å². The monoisotopic (exact) mass is 206 g/mol. The van der Waals surface area contributed by atoms with Crippen molar-refractivity contribution in [2.24, 2.45) is 21.8 Å².